The molecule has 2 aromatic rings. The lowest BCUT2D eigenvalue weighted by molar-refractivity contribution is 0.145. The molecule has 3 nitrogen and oxygen atoms in total. The van der Waals surface area contributed by atoms with Crippen LogP contribution < -0.4 is 0 Å². The molecule has 2 rings (SSSR count). The average Bonchev–Trinajstić information content (AvgIpc) is 2.86. The molecule has 1 unspecified atom stereocenters. The molecule has 0 spiro atoms. The summed E-state index contributed by atoms with van der Waals surface area (Å²) in [5.74, 6) is 0. The summed E-state index contributed by atoms with van der Waals surface area (Å²) in [5, 5.41) is 11.8. The first-order chi connectivity index (χ1) is 7.34. The van der Waals surface area contributed by atoms with Crippen LogP contribution in [0.25, 0.3) is 0 Å². The molecule has 1 atom stereocenters. The maximum Gasteiger partial charge on any atom is 0.0946 e. The van der Waals surface area contributed by atoms with E-state index in [0.717, 1.165) is 12.8 Å². The third-order valence-corrected chi connectivity index (χ3v) is 3.22. The van der Waals surface area contributed by atoms with Gasteiger partial charge < -0.3 is 9.67 Å². The summed E-state index contributed by atoms with van der Waals surface area (Å²) in [7, 11) is 0. The fraction of sp³-hybridized carbons (Fsp3) is 0.364. The Bertz CT molecular complexity index is 369. The van der Waals surface area contributed by atoms with Gasteiger partial charge in [-0.1, -0.05) is 6.07 Å². The van der Waals surface area contributed by atoms with Gasteiger partial charge in [0.2, 0.25) is 0 Å². The van der Waals surface area contributed by atoms with Crippen LogP contribution in [0.4, 0.5) is 0 Å². The molecule has 4 heteroatoms. The Labute approximate surface area is 93.0 Å². The topological polar surface area (TPSA) is 38.0 Å². The summed E-state index contributed by atoms with van der Waals surface area (Å²) in [4.78, 5) is 5.27. The number of aryl methyl sites for hydroxylation is 1. The Morgan fingerprint density at radius 2 is 2.47 bits per heavy atom. The first-order valence-electron chi connectivity index (χ1n) is 5.01. The first kappa shape index (κ1) is 10.4. The van der Waals surface area contributed by atoms with Gasteiger partial charge in [-0.15, -0.1) is 11.3 Å². The van der Waals surface area contributed by atoms with Crippen molar-refractivity contribution in [2.45, 2.75) is 25.5 Å². The average molecular weight is 222 g/mol. The number of aliphatic hydroxyl groups excluding tert-OH is 1. The molecule has 0 radical (unpaired) electrons. The zero-order chi connectivity index (χ0) is 10.5. The van der Waals surface area contributed by atoms with E-state index < -0.39 is 0 Å². The van der Waals surface area contributed by atoms with Gasteiger partial charge in [0.15, 0.2) is 0 Å². The Morgan fingerprint density at radius 3 is 3.13 bits per heavy atom. The minimum absolute atomic E-state index is 0.290. The van der Waals surface area contributed by atoms with Gasteiger partial charge in [-0.25, -0.2) is 4.98 Å². The highest BCUT2D eigenvalue weighted by molar-refractivity contribution is 7.09. The van der Waals surface area contributed by atoms with Crippen LogP contribution in [0.1, 0.15) is 11.3 Å². The lowest BCUT2D eigenvalue weighted by Gasteiger charge is -2.09. The zero-order valence-corrected chi connectivity index (χ0v) is 9.23. The Hall–Kier alpha value is -1.13. The molecule has 0 aromatic carbocycles. The lowest BCUT2D eigenvalue weighted by Crippen LogP contribution is -2.15. The number of nitrogens with zero attached hydrogens (tertiary/aromatic N) is 2. The molecular weight excluding hydrogens is 208 g/mol. The highest BCUT2D eigenvalue weighted by Crippen LogP contribution is 2.12. The van der Waals surface area contributed by atoms with Gasteiger partial charge in [0, 0.05) is 23.8 Å². The molecule has 0 aliphatic heterocycles. The van der Waals surface area contributed by atoms with E-state index in [9.17, 15) is 5.11 Å². The van der Waals surface area contributed by atoms with Crippen molar-refractivity contribution in [3.8, 4) is 0 Å². The molecule has 2 heterocycles. The van der Waals surface area contributed by atoms with Crippen LogP contribution in [0.3, 0.4) is 0 Å². The van der Waals surface area contributed by atoms with Crippen molar-refractivity contribution < 1.29 is 5.11 Å². The van der Waals surface area contributed by atoms with Crippen molar-refractivity contribution in [3.63, 3.8) is 0 Å². The normalized spacial score (nSPS) is 12.9. The Morgan fingerprint density at radius 1 is 1.53 bits per heavy atom. The summed E-state index contributed by atoms with van der Waals surface area (Å²) in [5.41, 5.74) is 0. The fourth-order valence-electron chi connectivity index (χ4n) is 1.49. The van der Waals surface area contributed by atoms with Crippen LogP contribution in [0, 0.1) is 0 Å². The minimum atomic E-state index is -0.290. The largest absolute Gasteiger partial charge is 0.391 e. The predicted octanol–water partition coefficient (Wildman–Crippen LogP) is 1.94. The summed E-state index contributed by atoms with van der Waals surface area (Å²) in [6.45, 7) is 0.630. The highest BCUT2D eigenvalue weighted by Gasteiger charge is 2.05. The molecule has 0 amide bonds. The quantitative estimate of drug-likeness (QED) is 0.839. The number of aromatic nitrogens is 2. The number of hydrogen-bond acceptors (Lipinski definition) is 3. The van der Waals surface area contributed by atoms with Crippen LogP contribution in [-0.2, 0) is 13.0 Å². The van der Waals surface area contributed by atoms with Crippen molar-refractivity contribution in [1.82, 2.24) is 9.55 Å². The summed E-state index contributed by atoms with van der Waals surface area (Å²) in [6, 6.07) is 4.15. The van der Waals surface area contributed by atoms with Gasteiger partial charge in [-0.05, 0) is 24.3 Å². The van der Waals surface area contributed by atoms with Crippen LogP contribution in [-0.4, -0.2) is 20.8 Å². The minimum Gasteiger partial charge on any atom is -0.391 e. The van der Waals surface area contributed by atoms with Gasteiger partial charge in [0.1, 0.15) is 0 Å². The van der Waals surface area contributed by atoms with Crippen molar-refractivity contribution in [2.75, 3.05) is 0 Å². The number of thiophene rings is 1. The smallest absolute Gasteiger partial charge is 0.0946 e. The second-order valence-electron chi connectivity index (χ2n) is 3.53. The zero-order valence-electron chi connectivity index (χ0n) is 8.41. The Kier molecular flexibility index (Phi) is 3.53. The molecule has 0 bridgehead atoms. The van der Waals surface area contributed by atoms with Gasteiger partial charge in [0.25, 0.3) is 0 Å². The lowest BCUT2D eigenvalue weighted by atomic mass is 10.2. The molecule has 2 aromatic heterocycles. The second-order valence-corrected chi connectivity index (χ2v) is 4.56. The van der Waals surface area contributed by atoms with E-state index in [4.69, 9.17) is 0 Å². The molecule has 0 aliphatic rings. The van der Waals surface area contributed by atoms with Crippen LogP contribution >= 0.6 is 11.3 Å². The number of rotatable bonds is 5. The molecule has 0 saturated heterocycles. The van der Waals surface area contributed by atoms with Crippen molar-refractivity contribution in [2.24, 2.45) is 0 Å². The van der Waals surface area contributed by atoms with Crippen LogP contribution in [0.2, 0.25) is 0 Å². The molecule has 0 fully saturated rings. The number of hydrogen-bond donors (Lipinski definition) is 1. The summed E-state index contributed by atoms with van der Waals surface area (Å²) < 4.78 is 1.90. The monoisotopic (exact) mass is 222 g/mol. The SMILES string of the molecule is OC(CCc1cccs1)Cn1ccnc1. The van der Waals surface area contributed by atoms with Crippen LogP contribution in [0.5, 0.6) is 0 Å². The third-order valence-electron chi connectivity index (χ3n) is 2.28. The van der Waals surface area contributed by atoms with Gasteiger partial charge in [0.05, 0.1) is 12.4 Å². The van der Waals surface area contributed by atoms with E-state index in [1.165, 1.54) is 4.88 Å². The molecule has 80 valence electrons. The molecular formula is C11H14N2OS. The maximum absolute atomic E-state index is 9.78. The van der Waals surface area contributed by atoms with Gasteiger partial charge >= 0.3 is 0 Å². The standard InChI is InChI=1S/C11H14N2OS/c14-10(8-13-6-5-12-9-13)3-4-11-2-1-7-15-11/h1-2,5-7,9-10,14H,3-4,8H2. The van der Waals surface area contributed by atoms with Gasteiger partial charge in [-0.2, -0.15) is 0 Å². The summed E-state index contributed by atoms with van der Waals surface area (Å²) in [6.07, 6.45) is 6.79. The maximum atomic E-state index is 9.78. The van der Waals surface area contributed by atoms with E-state index in [1.807, 2.05) is 16.8 Å². The third kappa shape index (κ3) is 3.18. The predicted molar refractivity (Wildman–Crippen MR) is 60.9 cm³/mol. The van der Waals surface area contributed by atoms with Gasteiger partial charge in [-0.3, -0.25) is 0 Å². The van der Waals surface area contributed by atoms with Crippen molar-refractivity contribution >= 4 is 11.3 Å². The second kappa shape index (κ2) is 5.09. The van der Waals surface area contributed by atoms with E-state index in [1.54, 1.807) is 23.9 Å². The van der Waals surface area contributed by atoms with E-state index in [2.05, 4.69) is 16.4 Å². The molecule has 15 heavy (non-hydrogen) atoms. The number of aliphatic hydroxyl groups is 1. The summed E-state index contributed by atoms with van der Waals surface area (Å²) >= 11 is 1.74. The van der Waals surface area contributed by atoms with E-state index in [-0.39, 0.29) is 6.10 Å². The van der Waals surface area contributed by atoms with Crippen LogP contribution in [0.15, 0.2) is 36.2 Å². The first-order valence-corrected chi connectivity index (χ1v) is 5.89. The highest BCUT2D eigenvalue weighted by atomic mass is 32.1. The van der Waals surface area contributed by atoms with E-state index >= 15 is 0 Å². The number of imidazole rings is 1. The van der Waals surface area contributed by atoms with Crippen molar-refractivity contribution in [3.05, 3.63) is 41.1 Å². The molecule has 1 N–H and O–H groups in total. The Balaban J connectivity index is 1.76. The fourth-order valence-corrected chi connectivity index (χ4v) is 2.22. The van der Waals surface area contributed by atoms with Crippen molar-refractivity contribution in [1.29, 1.82) is 0 Å². The molecule has 0 aliphatic carbocycles. The van der Waals surface area contributed by atoms with E-state index in [0.29, 0.717) is 6.54 Å². The molecule has 0 saturated carbocycles.